The first-order chi connectivity index (χ1) is 30.7. The molecule has 0 saturated carbocycles. The molecule has 6 heteroatoms. The van der Waals surface area contributed by atoms with Crippen molar-refractivity contribution in [3.63, 3.8) is 0 Å². The van der Waals surface area contributed by atoms with Gasteiger partial charge >= 0.3 is 0 Å². The number of nitrogens with zero attached hydrogens (tertiary/aromatic N) is 5. The summed E-state index contributed by atoms with van der Waals surface area (Å²) in [5.41, 5.74) is 8.72. The fourth-order valence-corrected chi connectivity index (χ4v) is 9.24. The average molecular weight is 792 g/mol. The smallest absolute Gasteiger partial charge is 0.227 e. The van der Waals surface area contributed by atoms with E-state index in [2.05, 4.69) is 168 Å². The summed E-state index contributed by atoms with van der Waals surface area (Å²) in [6.45, 7) is 0. The van der Waals surface area contributed by atoms with Crippen LogP contribution in [0.15, 0.2) is 205 Å². The standard InChI is InChI=1S/C56H33N5O/c1-2-11-38(12-3-1)56-57-47-31-27-36-20-19-35-21-22-40-33-42(26-30-44(40)50(35)51(36)52(47)62-56)55-59-53(58-54(60-55)41-23-18-34-10-4-5-13-39(34)32-41)37-24-28-43(29-25-37)61-48-16-8-6-14-45(48)46-15-7-9-17-49(46)61/h1-33H. The number of para-hydroxylation sites is 2. The number of hydrogen-bond acceptors (Lipinski definition) is 5. The highest BCUT2D eigenvalue weighted by Gasteiger charge is 2.18. The van der Waals surface area contributed by atoms with Crippen LogP contribution in [0, 0.1) is 0 Å². The van der Waals surface area contributed by atoms with Gasteiger partial charge in [0.05, 0.1) is 11.0 Å². The van der Waals surface area contributed by atoms with E-state index in [0.717, 1.165) is 76.7 Å². The van der Waals surface area contributed by atoms with Crippen LogP contribution in [-0.2, 0) is 0 Å². The Morgan fingerprint density at radius 2 is 0.871 bits per heavy atom. The second kappa shape index (κ2) is 13.5. The average Bonchev–Trinajstić information content (AvgIpc) is 3.94. The topological polar surface area (TPSA) is 69.6 Å². The normalized spacial score (nSPS) is 11.9. The van der Waals surface area contributed by atoms with E-state index >= 15 is 0 Å². The summed E-state index contributed by atoms with van der Waals surface area (Å²) >= 11 is 0. The molecule has 0 unspecified atom stereocenters. The van der Waals surface area contributed by atoms with Crippen LogP contribution in [0.3, 0.4) is 0 Å². The molecule has 0 bridgehead atoms. The molecule has 0 saturated heterocycles. The van der Waals surface area contributed by atoms with Gasteiger partial charge in [-0.2, -0.15) is 0 Å². The molecular weight excluding hydrogens is 759 g/mol. The molecule has 0 spiro atoms. The zero-order valence-corrected chi connectivity index (χ0v) is 33.2. The second-order valence-electron chi connectivity index (χ2n) is 15.8. The Morgan fingerprint density at radius 1 is 0.339 bits per heavy atom. The SMILES string of the molecule is c1ccc(-c2nc3ccc4ccc5ccc6cc(-c7nc(-c8ccc(-n9c%10ccccc%10c%10ccccc%109)cc8)nc(-c8ccc9ccccc9c8)n7)ccc6c5c4c3o2)cc1. The lowest BCUT2D eigenvalue weighted by Gasteiger charge is -2.12. The van der Waals surface area contributed by atoms with E-state index in [1.165, 1.54) is 27.2 Å². The van der Waals surface area contributed by atoms with Crippen molar-refractivity contribution >= 4 is 76.0 Å². The quantitative estimate of drug-likeness (QED) is 0.162. The zero-order chi connectivity index (χ0) is 40.7. The molecule has 0 radical (unpaired) electrons. The number of benzene rings is 10. The molecule has 0 fully saturated rings. The van der Waals surface area contributed by atoms with Crippen molar-refractivity contribution in [1.29, 1.82) is 0 Å². The molecule has 0 atom stereocenters. The Bertz CT molecular complexity index is 3870. The number of fused-ring (bicyclic) bond motifs is 11. The molecule has 288 valence electrons. The third-order valence-corrected chi connectivity index (χ3v) is 12.2. The molecule has 13 rings (SSSR count). The van der Waals surface area contributed by atoms with Gasteiger partial charge in [0.2, 0.25) is 5.89 Å². The first kappa shape index (κ1) is 34.4. The van der Waals surface area contributed by atoms with Crippen LogP contribution < -0.4 is 0 Å². The molecule has 3 heterocycles. The van der Waals surface area contributed by atoms with Crippen LogP contribution in [-0.4, -0.2) is 24.5 Å². The Kier molecular flexibility index (Phi) is 7.50. The summed E-state index contributed by atoms with van der Waals surface area (Å²) in [4.78, 5) is 20.4. The van der Waals surface area contributed by atoms with E-state index in [9.17, 15) is 0 Å². The van der Waals surface area contributed by atoms with E-state index in [0.29, 0.717) is 23.4 Å². The maximum Gasteiger partial charge on any atom is 0.227 e. The fourth-order valence-electron chi connectivity index (χ4n) is 9.24. The monoisotopic (exact) mass is 791 g/mol. The van der Waals surface area contributed by atoms with Crippen LogP contribution in [0.2, 0.25) is 0 Å². The molecule has 0 aliphatic carbocycles. The Balaban J connectivity index is 0.971. The summed E-state index contributed by atoms with van der Waals surface area (Å²) in [5, 5.41) is 11.4. The maximum absolute atomic E-state index is 6.58. The molecule has 3 aromatic heterocycles. The third-order valence-electron chi connectivity index (χ3n) is 12.2. The third kappa shape index (κ3) is 5.44. The van der Waals surface area contributed by atoms with Gasteiger partial charge in [-0.05, 0) is 99.0 Å². The molecule has 13 aromatic rings. The van der Waals surface area contributed by atoms with Gasteiger partial charge in [-0.25, -0.2) is 19.9 Å². The molecule has 0 N–H and O–H groups in total. The minimum Gasteiger partial charge on any atom is -0.435 e. The summed E-state index contributed by atoms with van der Waals surface area (Å²) in [5.74, 6) is 2.45. The predicted octanol–water partition coefficient (Wildman–Crippen LogP) is 14.4. The molecule has 0 aliphatic heterocycles. The van der Waals surface area contributed by atoms with Crippen LogP contribution in [0.5, 0.6) is 0 Å². The van der Waals surface area contributed by atoms with E-state index in [4.69, 9.17) is 24.4 Å². The van der Waals surface area contributed by atoms with E-state index in [-0.39, 0.29) is 0 Å². The fraction of sp³-hybridized carbons (Fsp3) is 0. The lowest BCUT2D eigenvalue weighted by molar-refractivity contribution is 0.623. The van der Waals surface area contributed by atoms with Gasteiger partial charge in [-0.3, -0.25) is 0 Å². The molecule has 62 heavy (non-hydrogen) atoms. The predicted molar refractivity (Wildman–Crippen MR) is 254 cm³/mol. The van der Waals surface area contributed by atoms with Crippen molar-refractivity contribution < 1.29 is 4.42 Å². The number of aromatic nitrogens is 5. The van der Waals surface area contributed by atoms with Crippen LogP contribution in [0.4, 0.5) is 0 Å². The van der Waals surface area contributed by atoms with Crippen molar-refractivity contribution in [2.75, 3.05) is 0 Å². The van der Waals surface area contributed by atoms with Crippen molar-refractivity contribution in [2.45, 2.75) is 0 Å². The summed E-state index contributed by atoms with van der Waals surface area (Å²) in [6, 6.07) is 70.0. The van der Waals surface area contributed by atoms with Gasteiger partial charge in [-0.15, -0.1) is 0 Å². The van der Waals surface area contributed by atoms with Crippen molar-refractivity contribution in [3.05, 3.63) is 200 Å². The van der Waals surface area contributed by atoms with Crippen LogP contribution in [0.1, 0.15) is 0 Å². The van der Waals surface area contributed by atoms with Gasteiger partial charge in [0.15, 0.2) is 23.1 Å². The van der Waals surface area contributed by atoms with Crippen molar-refractivity contribution in [2.24, 2.45) is 0 Å². The van der Waals surface area contributed by atoms with Gasteiger partial charge < -0.3 is 8.98 Å². The number of rotatable bonds is 5. The van der Waals surface area contributed by atoms with Crippen molar-refractivity contribution in [3.8, 4) is 51.3 Å². The van der Waals surface area contributed by atoms with Crippen LogP contribution >= 0.6 is 0 Å². The Hall–Kier alpha value is -8.48. The molecular formula is C56H33N5O. The lowest BCUT2D eigenvalue weighted by atomic mass is 9.95. The first-order valence-electron chi connectivity index (χ1n) is 20.8. The highest BCUT2D eigenvalue weighted by Crippen LogP contribution is 2.40. The maximum atomic E-state index is 6.58. The second-order valence-corrected chi connectivity index (χ2v) is 15.8. The summed E-state index contributed by atoms with van der Waals surface area (Å²) in [7, 11) is 0. The summed E-state index contributed by atoms with van der Waals surface area (Å²) in [6.07, 6.45) is 0. The molecule has 10 aromatic carbocycles. The van der Waals surface area contributed by atoms with Gasteiger partial charge in [0.1, 0.15) is 5.52 Å². The van der Waals surface area contributed by atoms with Gasteiger partial charge in [-0.1, -0.05) is 133 Å². The minimum absolute atomic E-state index is 0.606. The summed E-state index contributed by atoms with van der Waals surface area (Å²) < 4.78 is 8.91. The lowest BCUT2D eigenvalue weighted by Crippen LogP contribution is -2.01. The largest absolute Gasteiger partial charge is 0.435 e. The number of oxazole rings is 1. The van der Waals surface area contributed by atoms with Gasteiger partial charge in [0.25, 0.3) is 0 Å². The first-order valence-corrected chi connectivity index (χ1v) is 20.8. The van der Waals surface area contributed by atoms with E-state index < -0.39 is 0 Å². The van der Waals surface area contributed by atoms with Gasteiger partial charge in [0, 0.05) is 49.5 Å². The van der Waals surface area contributed by atoms with E-state index in [1.807, 2.05) is 36.4 Å². The highest BCUT2D eigenvalue weighted by molar-refractivity contribution is 6.26. The Morgan fingerprint density at radius 3 is 1.60 bits per heavy atom. The highest BCUT2D eigenvalue weighted by atomic mass is 16.3. The minimum atomic E-state index is 0.606. The zero-order valence-electron chi connectivity index (χ0n) is 33.2. The van der Waals surface area contributed by atoms with Crippen molar-refractivity contribution in [1.82, 2.24) is 24.5 Å². The van der Waals surface area contributed by atoms with E-state index in [1.54, 1.807) is 0 Å². The molecule has 6 nitrogen and oxygen atoms in total. The number of hydrogen-bond donors (Lipinski definition) is 0. The molecule has 0 aliphatic rings. The van der Waals surface area contributed by atoms with Crippen LogP contribution in [0.25, 0.3) is 127 Å². The molecule has 0 amide bonds. The Labute approximate surface area is 355 Å².